The van der Waals surface area contributed by atoms with Crippen molar-refractivity contribution in [1.29, 1.82) is 0 Å². The molecule has 1 N–H and O–H groups in total. The molecule has 3 nitrogen and oxygen atoms in total. The zero-order valence-electron chi connectivity index (χ0n) is 9.73. The molecule has 1 amide bonds. The molecule has 0 aliphatic heterocycles. The first-order valence-electron chi connectivity index (χ1n) is 5.84. The van der Waals surface area contributed by atoms with Crippen LogP contribution in [-0.2, 0) is 0 Å². The zero-order chi connectivity index (χ0) is 11.9. The van der Waals surface area contributed by atoms with Gasteiger partial charge < -0.3 is 5.32 Å². The van der Waals surface area contributed by atoms with Crippen LogP contribution in [0, 0.1) is 0 Å². The summed E-state index contributed by atoms with van der Waals surface area (Å²) in [5.41, 5.74) is 1.59. The molecule has 1 aliphatic carbocycles. The summed E-state index contributed by atoms with van der Waals surface area (Å²) in [5.74, 6) is 0.00333. The molecule has 1 aromatic heterocycles. The molecule has 86 valence electrons. The minimum absolute atomic E-state index is 0.00333. The lowest BCUT2D eigenvalue weighted by Gasteiger charge is -2.12. The van der Waals surface area contributed by atoms with E-state index in [4.69, 9.17) is 0 Å². The van der Waals surface area contributed by atoms with Gasteiger partial charge in [0.05, 0.1) is 5.52 Å². The first-order chi connectivity index (χ1) is 8.18. The van der Waals surface area contributed by atoms with E-state index in [1.165, 1.54) is 0 Å². The summed E-state index contributed by atoms with van der Waals surface area (Å²) < 4.78 is 0. The lowest BCUT2D eigenvalue weighted by molar-refractivity contribution is 0.0937. The van der Waals surface area contributed by atoms with Crippen LogP contribution in [0.3, 0.4) is 0 Å². The van der Waals surface area contributed by atoms with Crippen molar-refractivity contribution in [3.05, 3.63) is 42.1 Å². The van der Waals surface area contributed by atoms with Crippen LogP contribution in [-0.4, -0.2) is 16.4 Å². The Bertz CT molecular complexity index is 582. The van der Waals surface area contributed by atoms with Crippen LogP contribution in [0.1, 0.15) is 30.1 Å². The third kappa shape index (κ3) is 1.88. The van der Waals surface area contributed by atoms with Crippen LogP contribution in [0.4, 0.5) is 0 Å². The van der Waals surface area contributed by atoms with E-state index in [9.17, 15) is 4.79 Å². The van der Waals surface area contributed by atoms with Crippen molar-refractivity contribution in [2.45, 2.75) is 25.3 Å². The third-order valence-electron chi connectivity index (χ3n) is 3.31. The quantitative estimate of drug-likeness (QED) is 0.855. The molecule has 1 fully saturated rings. The van der Waals surface area contributed by atoms with Crippen molar-refractivity contribution in [3.8, 4) is 0 Å². The van der Waals surface area contributed by atoms with E-state index < -0.39 is 0 Å². The molecule has 0 saturated heterocycles. The summed E-state index contributed by atoms with van der Waals surface area (Å²) >= 11 is 0. The van der Waals surface area contributed by atoms with Crippen molar-refractivity contribution >= 4 is 16.8 Å². The minimum atomic E-state index is 0.00333. The van der Waals surface area contributed by atoms with E-state index in [-0.39, 0.29) is 11.4 Å². The molecule has 3 heteroatoms. The summed E-state index contributed by atoms with van der Waals surface area (Å²) in [6, 6.07) is 9.44. The summed E-state index contributed by atoms with van der Waals surface area (Å²) in [5, 5.41) is 3.99. The number of hydrogen-bond acceptors (Lipinski definition) is 2. The maximum atomic E-state index is 12.2. The van der Waals surface area contributed by atoms with Gasteiger partial charge in [-0.3, -0.25) is 9.78 Å². The van der Waals surface area contributed by atoms with Crippen LogP contribution >= 0.6 is 0 Å². The molecule has 1 aliphatic rings. The number of aromatic nitrogens is 1. The molecule has 3 rings (SSSR count). The zero-order valence-corrected chi connectivity index (χ0v) is 9.73. The van der Waals surface area contributed by atoms with Crippen LogP contribution in [0.25, 0.3) is 10.9 Å². The van der Waals surface area contributed by atoms with Crippen LogP contribution in [0.5, 0.6) is 0 Å². The predicted molar refractivity (Wildman–Crippen MR) is 66.8 cm³/mol. The van der Waals surface area contributed by atoms with Gasteiger partial charge >= 0.3 is 0 Å². The normalized spacial score (nSPS) is 16.8. The molecule has 0 unspecified atom stereocenters. The number of fused-ring (bicyclic) bond motifs is 1. The number of carbonyl (C=O) groups is 1. The Morgan fingerprint density at radius 2 is 2.12 bits per heavy atom. The first-order valence-corrected chi connectivity index (χ1v) is 5.84. The van der Waals surface area contributed by atoms with Crippen molar-refractivity contribution in [2.24, 2.45) is 0 Å². The predicted octanol–water partition coefficient (Wildman–Crippen LogP) is 2.52. The van der Waals surface area contributed by atoms with E-state index >= 15 is 0 Å². The number of pyridine rings is 1. The van der Waals surface area contributed by atoms with Gasteiger partial charge in [0.1, 0.15) is 0 Å². The second kappa shape index (κ2) is 3.55. The molecule has 0 bridgehead atoms. The number of nitrogens with one attached hydrogen (secondary N) is 1. The molecule has 1 aromatic carbocycles. The van der Waals surface area contributed by atoms with Gasteiger partial charge in [-0.05, 0) is 38.0 Å². The molecule has 1 saturated carbocycles. The van der Waals surface area contributed by atoms with Crippen molar-refractivity contribution in [2.75, 3.05) is 0 Å². The Morgan fingerprint density at radius 3 is 2.88 bits per heavy atom. The molecule has 0 atom stereocenters. The number of amides is 1. The highest BCUT2D eigenvalue weighted by atomic mass is 16.1. The fraction of sp³-hybridized carbons (Fsp3) is 0.286. The average Bonchev–Trinajstić information content (AvgIpc) is 3.06. The van der Waals surface area contributed by atoms with Gasteiger partial charge in [0.15, 0.2) is 0 Å². The lowest BCUT2D eigenvalue weighted by atomic mass is 10.1. The molecular formula is C14H14N2O. The topological polar surface area (TPSA) is 42.0 Å². The second-order valence-corrected chi connectivity index (χ2v) is 4.89. The monoisotopic (exact) mass is 226 g/mol. The summed E-state index contributed by atoms with van der Waals surface area (Å²) in [4.78, 5) is 16.4. The van der Waals surface area contributed by atoms with Crippen molar-refractivity contribution < 1.29 is 4.79 Å². The Labute approximate surface area is 99.9 Å². The molecule has 17 heavy (non-hydrogen) atoms. The van der Waals surface area contributed by atoms with E-state index in [2.05, 4.69) is 17.2 Å². The highest BCUT2D eigenvalue weighted by Gasteiger charge is 2.38. The van der Waals surface area contributed by atoms with Gasteiger partial charge in [-0.2, -0.15) is 0 Å². The van der Waals surface area contributed by atoms with Crippen LogP contribution in [0.2, 0.25) is 0 Å². The minimum Gasteiger partial charge on any atom is -0.347 e. The van der Waals surface area contributed by atoms with Gasteiger partial charge in [0, 0.05) is 22.7 Å². The molecular weight excluding hydrogens is 212 g/mol. The van der Waals surface area contributed by atoms with Gasteiger partial charge in [-0.1, -0.05) is 12.1 Å². The van der Waals surface area contributed by atoms with Crippen molar-refractivity contribution in [1.82, 2.24) is 10.3 Å². The summed E-state index contributed by atoms with van der Waals surface area (Å²) in [6.07, 6.45) is 3.88. The fourth-order valence-corrected chi connectivity index (χ4v) is 1.96. The highest BCUT2D eigenvalue weighted by Crippen LogP contribution is 2.34. The fourth-order valence-electron chi connectivity index (χ4n) is 1.96. The number of benzene rings is 1. The van der Waals surface area contributed by atoms with Crippen LogP contribution in [0.15, 0.2) is 36.5 Å². The Kier molecular flexibility index (Phi) is 2.15. The largest absolute Gasteiger partial charge is 0.347 e. The highest BCUT2D eigenvalue weighted by molar-refractivity contribution is 6.06. The number of nitrogens with zero attached hydrogens (tertiary/aromatic N) is 1. The van der Waals surface area contributed by atoms with E-state index in [0.29, 0.717) is 5.56 Å². The van der Waals surface area contributed by atoms with Gasteiger partial charge in [0.2, 0.25) is 0 Å². The maximum Gasteiger partial charge on any atom is 0.252 e. The SMILES string of the molecule is CC1(NC(=O)c2cccc3ncccc23)CC1. The maximum absolute atomic E-state index is 12.2. The molecule has 0 radical (unpaired) electrons. The molecule has 0 spiro atoms. The third-order valence-corrected chi connectivity index (χ3v) is 3.31. The molecule has 2 aromatic rings. The van der Waals surface area contributed by atoms with Crippen LogP contribution < -0.4 is 5.32 Å². The summed E-state index contributed by atoms with van der Waals surface area (Å²) in [6.45, 7) is 2.08. The Morgan fingerprint density at radius 1 is 1.29 bits per heavy atom. The average molecular weight is 226 g/mol. The Balaban J connectivity index is 2.01. The standard InChI is InChI=1S/C14H14N2O/c1-14(7-8-14)16-13(17)11-4-2-6-12-10(11)5-3-9-15-12/h2-6,9H,7-8H2,1H3,(H,16,17). The van der Waals surface area contributed by atoms with Gasteiger partial charge in [-0.25, -0.2) is 0 Å². The van der Waals surface area contributed by atoms with E-state index in [1.807, 2.05) is 30.3 Å². The Hall–Kier alpha value is -1.90. The lowest BCUT2D eigenvalue weighted by Crippen LogP contribution is -2.34. The number of hydrogen-bond donors (Lipinski definition) is 1. The number of carbonyl (C=O) groups excluding carboxylic acids is 1. The second-order valence-electron chi connectivity index (χ2n) is 4.89. The number of rotatable bonds is 2. The van der Waals surface area contributed by atoms with E-state index in [1.54, 1.807) is 6.20 Å². The van der Waals surface area contributed by atoms with Crippen molar-refractivity contribution in [3.63, 3.8) is 0 Å². The molecule has 1 heterocycles. The van der Waals surface area contributed by atoms with Gasteiger partial charge in [0.25, 0.3) is 5.91 Å². The van der Waals surface area contributed by atoms with Gasteiger partial charge in [-0.15, -0.1) is 0 Å². The first kappa shape index (κ1) is 10.3. The smallest absolute Gasteiger partial charge is 0.252 e. The summed E-state index contributed by atoms with van der Waals surface area (Å²) in [7, 11) is 0. The van der Waals surface area contributed by atoms with E-state index in [0.717, 1.165) is 23.7 Å².